The summed E-state index contributed by atoms with van der Waals surface area (Å²) in [4.78, 5) is 43.1. The number of benzene rings is 1. The van der Waals surface area contributed by atoms with Crippen molar-refractivity contribution in [1.82, 2.24) is 20.0 Å². The highest BCUT2D eigenvalue weighted by Gasteiger charge is 2.45. The third-order valence-electron chi connectivity index (χ3n) is 5.31. The summed E-state index contributed by atoms with van der Waals surface area (Å²) in [6, 6.07) is 5.46. The van der Waals surface area contributed by atoms with Crippen molar-refractivity contribution in [2.75, 3.05) is 27.2 Å². The molecule has 4 amide bonds. The minimum atomic E-state index is -0.673. The summed E-state index contributed by atoms with van der Waals surface area (Å²) in [5, 5.41) is 3.32. The van der Waals surface area contributed by atoms with E-state index in [1.54, 1.807) is 44.1 Å². The zero-order chi connectivity index (χ0) is 21.5. The Morgan fingerprint density at radius 1 is 1.38 bits per heavy atom. The lowest BCUT2D eigenvalue weighted by atomic mass is 9.95. The molecule has 2 aliphatic rings. The first-order chi connectivity index (χ1) is 13.6. The van der Waals surface area contributed by atoms with Crippen LogP contribution in [0, 0.1) is 0 Å². The fourth-order valence-electron chi connectivity index (χ4n) is 3.78. The molecule has 0 bridgehead atoms. The van der Waals surface area contributed by atoms with E-state index in [0.717, 1.165) is 5.57 Å². The molecule has 0 aromatic heterocycles. The zero-order valence-electron chi connectivity index (χ0n) is 17.0. The Morgan fingerprint density at radius 3 is 2.66 bits per heavy atom. The minimum absolute atomic E-state index is 0.183. The molecule has 0 fully saturated rings. The van der Waals surface area contributed by atoms with E-state index < -0.39 is 12.1 Å². The van der Waals surface area contributed by atoms with Crippen LogP contribution in [0.15, 0.2) is 47.7 Å². The van der Waals surface area contributed by atoms with Crippen molar-refractivity contribution in [1.29, 1.82) is 0 Å². The number of amides is 4. The monoisotopic (exact) mass is 416 g/mol. The van der Waals surface area contributed by atoms with Crippen LogP contribution in [0.25, 0.3) is 0 Å². The van der Waals surface area contributed by atoms with Crippen LogP contribution in [0.5, 0.6) is 0 Å². The average Bonchev–Trinajstić information content (AvgIpc) is 3.01. The molecule has 7 nitrogen and oxygen atoms in total. The van der Waals surface area contributed by atoms with Crippen molar-refractivity contribution in [3.63, 3.8) is 0 Å². The molecule has 2 aliphatic heterocycles. The maximum absolute atomic E-state index is 13.3. The number of hydrogen-bond acceptors (Lipinski definition) is 3. The summed E-state index contributed by atoms with van der Waals surface area (Å²) in [5.74, 6) is -0.459. The van der Waals surface area contributed by atoms with Crippen molar-refractivity contribution in [3.8, 4) is 0 Å². The smallest absolute Gasteiger partial charge is 0.322 e. The molecule has 3 rings (SSSR count). The molecule has 0 saturated heterocycles. The van der Waals surface area contributed by atoms with Gasteiger partial charge in [-0.1, -0.05) is 42.0 Å². The lowest BCUT2D eigenvalue weighted by Gasteiger charge is -2.31. The molecule has 154 valence electrons. The number of likely N-dealkylation sites (N-methyl/N-ethyl adjacent to an activating group) is 2. The third kappa shape index (κ3) is 3.74. The number of nitrogens with one attached hydrogen (secondary N) is 1. The van der Waals surface area contributed by atoms with Gasteiger partial charge in [0, 0.05) is 25.7 Å². The van der Waals surface area contributed by atoms with Crippen LogP contribution >= 0.6 is 11.6 Å². The molecular formula is C21H25ClN4O3. The summed E-state index contributed by atoms with van der Waals surface area (Å²) in [6.45, 7) is 7.98. The summed E-state index contributed by atoms with van der Waals surface area (Å²) < 4.78 is 0. The fraction of sp³-hybridized carbons (Fsp3) is 0.381. The topological polar surface area (TPSA) is 73.0 Å². The van der Waals surface area contributed by atoms with Crippen LogP contribution in [-0.4, -0.2) is 65.8 Å². The second-order valence-electron chi connectivity index (χ2n) is 7.58. The molecule has 0 unspecified atom stereocenters. The predicted molar refractivity (Wildman–Crippen MR) is 111 cm³/mol. The van der Waals surface area contributed by atoms with Crippen LogP contribution in [0.4, 0.5) is 4.79 Å². The lowest BCUT2D eigenvalue weighted by molar-refractivity contribution is -0.141. The van der Waals surface area contributed by atoms with Crippen molar-refractivity contribution in [3.05, 3.63) is 58.3 Å². The first kappa shape index (κ1) is 20.9. The van der Waals surface area contributed by atoms with Crippen molar-refractivity contribution in [2.24, 2.45) is 0 Å². The van der Waals surface area contributed by atoms with E-state index in [-0.39, 0.29) is 24.4 Å². The largest absolute Gasteiger partial charge is 0.340 e. The van der Waals surface area contributed by atoms with E-state index in [2.05, 4.69) is 11.9 Å². The van der Waals surface area contributed by atoms with Gasteiger partial charge in [-0.05, 0) is 25.5 Å². The average molecular weight is 417 g/mol. The summed E-state index contributed by atoms with van der Waals surface area (Å²) >= 11 is 6.34. The molecule has 1 N–H and O–H groups in total. The Kier molecular flexibility index (Phi) is 5.71. The van der Waals surface area contributed by atoms with E-state index in [9.17, 15) is 14.4 Å². The van der Waals surface area contributed by atoms with Gasteiger partial charge in [-0.3, -0.25) is 14.5 Å². The standard InChI is InChI=1S/C21H25ClN4O3/c1-12(2)10-24(4)19(27)13(3)26-11-16-17(20(26)28)18(23-21(29)25(16)5)14-8-6-7-9-15(14)22/h6-9,13,18H,1,10-11H2,2-5H3,(H,23,29)/t13-,18+/m1/s1. The Balaban J connectivity index is 1.93. The highest BCUT2D eigenvalue weighted by atomic mass is 35.5. The summed E-state index contributed by atoms with van der Waals surface area (Å²) in [5.41, 5.74) is 2.54. The number of carbonyl (C=O) groups is 3. The third-order valence-corrected chi connectivity index (χ3v) is 5.66. The SMILES string of the molecule is C=C(C)CN(C)C(=O)[C@@H](C)N1CC2=C(C1=O)[C@H](c1ccccc1Cl)NC(=O)N2C. The second kappa shape index (κ2) is 7.91. The molecule has 0 spiro atoms. The zero-order valence-corrected chi connectivity index (χ0v) is 17.8. The fourth-order valence-corrected chi connectivity index (χ4v) is 4.02. The van der Waals surface area contributed by atoms with E-state index >= 15 is 0 Å². The first-order valence-electron chi connectivity index (χ1n) is 9.35. The van der Waals surface area contributed by atoms with E-state index in [1.165, 1.54) is 9.80 Å². The van der Waals surface area contributed by atoms with Gasteiger partial charge in [0.15, 0.2) is 0 Å². The van der Waals surface area contributed by atoms with Gasteiger partial charge in [0.2, 0.25) is 5.91 Å². The van der Waals surface area contributed by atoms with Crippen LogP contribution in [-0.2, 0) is 9.59 Å². The number of hydrogen-bond donors (Lipinski definition) is 1. The van der Waals surface area contributed by atoms with E-state index in [4.69, 9.17) is 11.6 Å². The molecule has 8 heteroatoms. The molecule has 2 atom stereocenters. The number of nitrogens with zero attached hydrogens (tertiary/aromatic N) is 3. The van der Waals surface area contributed by atoms with Gasteiger partial charge < -0.3 is 15.1 Å². The highest BCUT2D eigenvalue weighted by molar-refractivity contribution is 6.31. The number of halogens is 1. The van der Waals surface area contributed by atoms with Gasteiger partial charge in [-0.15, -0.1) is 0 Å². The molecule has 1 aromatic rings. The molecule has 1 aromatic carbocycles. The molecule has 0 radical (unpaired) electrons. The summed E-state index contributed by atoms with van der Waals surface area (Å²) in [6.07, 6.45) is 0. The van der Waals surface area contributed by atoms with Crippen molar-refractivity contribution in [2.45, 2.75) is 25.9 Å². The molecule has 29 heavy (non-hydrogen) atoms. The predicted octanol–water partition coefficient (Wildman–Crippen LogP) is 2.56. The first-order valence-corrected chi connectivity index (χ1v) is 9.73. The van der Waals surface area contributed by atoms with E-state index in [0.29, 0.717) is 28.4 Å². The minimum Gasteiger partial charge on any atom is -0.340 e. The summed E-state index contributed by atoms with van der Waals surface area (Å²) in [7, 11) is 3.30. The molecular weight excluding hydrogens is 392 g/mol. The molecule has 0 saturated carbocycles. The maximum atomic E-state index is 13.3. The van der Waals surface area contributed by atoms with Crippen LogP contribution < -0.4 is 5.32 Å². The van der Waals surface area contributed by atoms with Crippen LogP contribution in [0.1, 0.15) is 25.5 Å². The van der Waals surface area contributed by atoms with Crippen molar-refractivity contribution >= 4 is 29.4 Å². The lowest BCUT2D eigenvalue weighted by Crippen LogP contribution is -2.47. The van der Waals surface area contributed by atoms with Gasteiger partial charge in [0.1, 0.15) is 6.04 Å². The second-order valence-corrected chi connectivity index (χ2v) is 7.99. The highest BCUT2D eigenvalue weighted by Crippen LogP contribution is 2.38. The Morgan fingerprint density at radius 2 is 2.03 bits per heavy atom. The van der Waals surface area contributed by atoms with Gasteiger partial charge in [-0.25, -0.2) is 4.79 Å². The normalized spacial score (nSPS) is 19.8. The number of urea groups is 1. The van der Waals surface area contributed by atoms with E-state index in [1.807, 2.05) is 13.0 Å². The van der Waals surface area contributed by atoms with Gasteiger partial charge >= 0.3 is 6.03 Å². The van der Waals surface area contributed by atoms with Crippen LogP contribution in [0.3, 0.4) is 0 Å². The Hall–Kier alpha value is -2.80. The van der Waals surface area contributed by atoms with Gasteiger partial charge in [-0.2, -0.15) is 0 Å². The molecule has 0 aliphatic carbocycles. The Labute approximate surface area is 175 Å². The number of carbonyl (C=O) groups excluding carboxylic acids is 3. The molecule has 2 heterocycles. The number of rotatable bonds is 5. The van der Waals surface area contributed by atoms with Crippen LogP contribution in [0.2, 0.25) is 5.02 Å². The Bertz CT molecular complexity index is 926. The van der Waals surface area contributed by atoms with Gasteiger partial charge in [0.25, 0.3) is 5.91 Å². The van der Waals surface area contributed by atoms with Crippen molar-refractivity contribution < 1.29 is 14.4 Å². The maximum Gasteiger partial charge on any atom is 0.322 e. The quantitative estimate of drug-likeness (QED) is 0.750. The van der Waals surface area contributed by atoms with Gasteiger partial charge in [0.05, 0.1) is 23.9 Å².